The van der Waals surface area contributed by atoms with Crippen LogP contribution in [-0.4, -0.2) is 13.4 Å². The highest BCUT2D eigenvalue weighted by atomic mass is 16.3. The Balaban J connectivity index is 0.998. The number of fused-ring (bicyclic) bond motifs is 20. The van der Waals surface area contributed by atoms with Crippen molar-refractivity contribution in [3.63, 3.8) is 0 Å². The highest BCUT2D eigenvalue weighted by molar-refractivity contribution is 7.03. The number of hydrogen-bond acceptors (Lipinski definition) is 6. The topological polar surface area (TPSA) is 39.2 Å². The fourth-order valence-electron chi connectivity index (χ4n) is 16.2. The summed E-state index contributed by atoms with van der Waals surface area (Å²) < 4.78 is 15.1. The molecule has 0 amide bonds. The molecule has 0 bridgehead atoms. The van der Waals surface area contributed by atoms with Crippen LogP contribution in [-0.2, 0) is 10.8 Å². The van der Waals surface area contributed by atoms with E-state index in [4.69, 9.17) is 8.83 Å². The van der Waals surface area contributed by atoms with E-state index in [0.29, 0.717) is 0 Å². The molecule has 11 aromatic carbocycles. The first kappa shape index (κ1) is 46.4. The van der Waals surface area contributed by atoms with Gasteiger partial charge in [-0.15, -0.1) is 0 Å². The van der Waals surface area contributed by atoms with Crippen molar-refractivity contribution in [3.05, 3.63) is 265 Å². The summed E-state index contributed by atoms with van der Waals surface area (Å²) in [6, 6.07) is 90.0. The zero-order chi connectivity index (χ0) is 55.5. The third-order valence-electron chi connectivity index (χ3n) is 19.7. The molecule has 0 saturated heterocycles. The average Bonchev–Trinajstić information content (AvgIpc) is 1.33. The summed E-state index contributed by atoms with van der Waals surface area (Å²) in [4.78, 5) is 10.3. The summed E-state index contributed by atoms with van der Waals surface area (Å²) in [5.74, 6) is 0. The van der Waals surface area contributed by atoms with Crippen molar-refractivity contribution >= 4 is 137 Å². The van der Waals surface area contributed by atoms with Crippen molar-refractivity contribution < 1.29 is 8.83 Å². The molecule has 6 nitrogen and oxygen atoms in total. The molecule has 0 fully saturated rings. The summed E-state index contributed by atoms with van der Waals surface area (Å²) in [5, 5.41) is 2.17. The van der Waals surface area contributed by atoms with Gasteiger partial charge in [0.1, 0.15) is 11.2 Å². The van der Waals surface area contributed by atoms with Gasteiger partial charge >= 0.3 is 0 Å². The molecule has 394 valence electrons. The maximum atomic E-state index is 7.56. The van der Waals surface area contributed by atoms with E-state index in [1.807, 2.05) is 0 Å². The quantitative estimate of drug-likeness (QED) is 0.164. The van der Waals surface area contributed by atoms with E-state index in [-0.39, 0.29) is 24.3 Å². The van der Waals surface area contributed by atoms with Crippen molar-refractivity contribution in [2.75, 3.05) is 19.6 Å². The van der Waals surface area contributed by atoms with Crippen molar-refractivity contribution in [1.82, 2.24) is 0 Å². The predicted molar refractivity (Wildman–Crippen MR) is 349 cm³/mol. The van der Waals surface area contributed by atoms with Crippen molar-refractivity contribution in [2.24, 2.45) is 0 Å². The summed E-state index contributed by atoms with van der Waals surface area (Å²) in [6.07, 6.45) is 0. The Morgan fingerprint density at radius 1 is 0.310 bits per heavy atom. The summed E-state index contributed by atoms with van der Waals surface area (Å²) in [5.41, 5.74) is 31.6. The summed E-state index contributed by atoms with van der Waals surface area (Å²) in [6.45, 7) is 9.01. The number of para-hydroxylation sites is 6. The first-order chi connectivity index (χ1) is 41.3. The number of anilines is 12. The molecule has 13 aromatic rings. The normalized spacial score (nSPS) is 15.4. The number of nitrogens with zero attached hydrogens (tertiary/aromatic N) is 4. The van der Waals surface area contributed by atoms with Crippen molar-refractivity contribution in [3.8, 4) is 22.3 Å². The van der Waals surface area contributed by atoms with Gasteiger partial charge in [-0.25, -0.2) is 0 Å². The van der Waals surface area contributed by atoms with Gasteiger partial charge in [0.15, 0.2) is 0 Å². The first-order valence-corrected chi connectivity index (χ1v) is 29.5. The van der Waals surface area contributed by atoms with Crippen molar-refractivity contribution in [1.29, 1.82) is 0 Å². The maximum Gasteiger partial charge on any atom is 0.297 e. The Hall–Kier alpha value is -10.2. The van der Waals surface area contributed by atoms with Gasteiger partial charge in [0.05, 0.1) is 34.1 Å². The number of rotatable bonds is 4. The van der Waals surface area contributed by atoms with Crippen LogP contribution in [0.3, 0.4) is 0 Å². The lowest BCUT2D eigenvalue weighted by molar-refractivity contribution is 0.650. The maximum absolute atomic E-state index is 7.56. The Morgan fingerprint density at radius 2 is 0.655 bits per heavy atom. The van der Waals surface area contributed by atoms with E-state index in [1.165, 1.54) is 77.7 Å². The molecule has 19 rings (SSSR count). The molecule has 2 aromatic heterocycles. The van der Waals surface area contributed by atoms with Crippen LogP contribution in [0.4, 0.5) is 68.2 Å². The van der Waals surface area contributed by atoms with Gasteiger partial charge in [-0.2, -0.15) is 0 Å². The lowest BCUT2D eigenvalue weighted by atomic mass is 9.32. The van der Waals surface area contributed by atoms with Crippen LogP contribution in [0.1, 0.15) is 49.9 Å². The van der Waals surface area contributed by atoms with Crippen LogP contribution in [0.15, 0.2) is 251 Å². The van der Waals surface area contributed by atoms with Crippen LogP contribution in [0.2, 0.25) is 0 Å². The molecule has 6 heterocycles. The van der Waals surface area contributed by atoms with Gasteiger partial charge in [0, 0.05) is 78.2 Å². The molecular weight excluding hydrogens is 1020 g/mol. The second kappa shape index (κ2) is 16.3. The van der Waals surface area contributed by atoms with Gasteiger partial charge in [-0.05, 0) is 146 Å². The molecule has 8 heteroatoms. The minimum absolute atomic E-state index is 0.315. The van der Waals surface area contributed by atoms with Crippen LogP contribution >= 0.6 is 0 Å². The number of benzene rings is 11. The van der Waals surface area contributed by atoms with E-state index in [9.17, 15) is 0 Å². The molecule has 0 N–H and O–H groups in total. The fourth-order valence-corrected chi connectivity index (χ4v) is 16.2. The monoisotopic (exact) mass is 1070 g/mol. The van der Waals surface area contributed by atoms with Crippen molar-refractivity contribution in [2.45, 2.75) is 38.5 Å². The summed E-state index contributed by atoms with van der Waals surface area (Å²) >= 11 is 0. The predicted octanol–water partition coefficient (Wildman–Crippen LogP) is 16.0. The summed E-state index contributed by atoms with van der Waals surface area (Å²) in [7, 11) is 0. The Labute approximate surface area is 488 Å². The Kier molecular flexibility index (Phi) is 9.01. The lowest BCUT2D eigenvalue weighted by Gasteiger charge is -2.47. The Bertz CT molecular complexity index is 4700. The molecule has 6 aliphatic rings. The molecule has 2 aliphatic carbocycles. The molecule has 0 atom stereocenters. The number of hydrogen-bond donors (Lipinski definition) is 0. The van der Waals surface area contributed by atoms with E-state index in [2.05, 4.69) is 290 Å². The van der Waals surface area contributed by atoms with Gasteiger partial charge in [-0.3, -0.25) is 0 Å². The Morgan fingerprint density at radius 3 is 1.06 bits per heavy atom. The molecule has 0 spiro atoms. The van der Waals surface area contributed by atoms with Gasteiger partial charge in [-0.1, -0.05) is 179 Å². The third-order valence-corrected chi connectivity index (χ3v) is 19.7. The minimum atomic E-state index is -0.322. The fraction of sp³-hybridized carbons (Fsp3) is 0.0789. The highest BCUT2D eigenvalue weighted by Gasteiger charge is 2.55. The SMILES string of the molecule is CC1(C)c2ccccc2-c2c1cc1c3c2N(c2ccccc2)c2c(oc4ccccc24)B3c2cc3c(cc2N1c1ccccc1)N(c1ccccc1)c1cc2c(c4c1B3c1oc3ccccc3c1N4c1ccccc1)-c1ccccc1C2(C)C. The standard InChI is InChI=1S/C76H52B2N4O2/c1-75(2)53-37-21-17-33-49(53)65-55(75)41-61-67-71(65)81(47-29-13-7-14-30-47)69-51-35-19-23-39-63(51)83-73(69)77(67)57-43-58-60(44-59(57)79(61)45-25-9-5-10-26-45)80(46-27-11-6-12-28-46)62-42-56-66(50-34-18-22-38-54(50)76(56,3)4)72-68(62)78(58)74-70(52-36-20-24-40-64(52)84-74)82(72)48-31-15-8-16-32-48/h5-44H,1-4H3. The van der Waals surface area contributed by atoms with E-state index < -0.39 is 0 Å². The molecule has 4 aliphatic heterocycles. The van der Waals surface area contributed by atoms with Gasteiger partial charge in [0.2, 0.25) is 0 Å². The van der Waals surface area contributed by atoms with E-state index in [0.717, 1.165) is 90.1 Å². The smallest absolute Gasteiger partial charge is 0.297 e. The largest absolute Gasteiger partial charge is 0.468 e. The first-order valence-electron chi connectivity index (χ1n) is 29.5. The average molecular weight is 1070 g/mol. The van der Waals surface area contributed by atoms with Crippen LogP contribution in [0.5, 0.6) is 0 Å². The third kappa shape index (κ3) is 5.77. The zero-order valence-corrected chi connectivity index (χ0v) is 46.9. The lowest BCUT2D eigenvalue weighted by Crippen LogP contribution is -2.65. The van der Waals surface area contributed by atoms with Gasteiger partial charge < -0.3 is 28.4 Å². The second-order valence-electron chi connectivity index (χ2n) is 24.6. The molecular formula is C76H52B2N4O2. The number of furan rings is 2. The highest BCUT2D eigenvalue weighted by Crippen LogP contribution is 2.61. The van der Waals surface area contributed by atoms with Crippen LogP contribution in [0.25, 0.3) is 44.2 Å². The molecule has 84 heavy (non-hydrogen) atoms. The van der Waals surface area contributed by atoms with E-state index in [1.54, 1.807) is 0 Å². The second-order valence-corrected chi connectivity index (χ2v) is 24.6. The van der Waals surface area contributed by atoms with Crippen LogP contribution in [0, 0.1) is 0 Å². The zero-order valence-electron chi connectivity index (χ0n) is 46.9. The molecule has 0 radical (unpaired) electrons. The van der Waals surface area contributed by atoms with Gasteiger partial charge in [0.25, 0.3) is 13.4 Å². The minimum Gasteiger partial charge on any atom is -0.468 e. The van der Waals surface area contributed by atoms with E-state index >= 15 is 0 Å². The molecule has 0 unspecified atom stereocenters. The molecule has 0 saturated carbocycles. The van der Waals surface area contributed by atoms with Crippen LogP contribution < -0.4 is 52.8 Å².